The smallest absolute Gasteiger partial charge is 0.223 e. The molecule has 0 aliphatic carbocycles. The first-order valence-electron chi connectivity index (χ1n) is 9.25. The summed E-state index contributed by atoms with van der Waals surface area (Å²) in [7, 11) is 1.98. The van der Waals surface area contributed by atoms with Gasteiger partial charge in [-0.2, -0.15) is 4.98 Å². The molecule has 29 heavy (non-hydrogen) atoms. The van der Waals surface area contributed by atoms with Crippen molar-refractivity contribution in [2.75, 3.05) is 13.6 Å². The van der Waals surface area contributed by atoms with E-state index in [1.807, 2.05) is 44.3 Å². The van der Waals surface area contributed by atoms with Crippen LogP contribution in [0.15, 0.2) is 63.7 Å². The number of aryl methyl sites for hydroxylation is 2. The number of aliphatic imine (C=N–C) groups is 1. The van der Waals surface area contributed by atoms with Crippen LogP contribution in [-0.2, 0) is 0 Å². The fourth-order valence-electron chi connectivity index (χ4n) is 2.44. The van der Waals surface area contributed by atoms with Gasteiger partial charge in [0.15, 0.2) is 5.16 Å². The van der Waals surface area contributed by atoms with Gasteiger partial charge in [0.2, 0.25) is 5.88 Å². The zero-order valence-corrected chi connectivity index (χ0v) is 17.7. The van der Waals surface area contributed by atoms with Gasteiger partial charge in [-0.1, -0.05) is 12.1 Å². The van der Waals surface area contributed by atoms with Gasteiger partial charge < -0.3 is 9.64 Å². The highest BCUT2D eigenvalue weighted by Crippen LogP contribution is 2.32. The van der Waals surface area contributed by atoms with Gasteiger partial charge in [-0.05, 0) is 67.9 Å². The van der Waals surface area contributed by atoms with Crippen molar-refractivity contribution in [1.82, 2.24) is 14.9 Å². The lowest BCUT2D eigenvalue weighted by Crippen LogP contribution is -2.14. The van der Waals surface area contributed by atoms with Crippen LogP contribution in [0, 0.1) is 19.7 Å². The lowest BCUT2D eigenvalue weighted by Gasteiger charge is -2.12. The Balaban J connectivity index is 1.79. The van der Waals surface area contributed by atoms with E-state index in [0.717, 1.165) is 35.1 Å². The van der Waals surface area contributed by atoms with E-state index in [-0.39, 0.29) is 5.82 Å². The average Bonchev–Trinajstić information content (AvgIpc) is 2.71. The van der Waals surface area contributed by atoms with Crippen LogP contribution in [0.2, 0.25) is 0 Å². The van der Waals surface area contributed by atoms with E-state index in [1.54, 1.807) is 30.5 Å². The summed E-state index contributed by atoms with van der Waals surface area (Å²) in [6.07, 6.45) is 3.42. The lowest BCUT2D eigenvalue weighted by atomic mass is 10.1. The molecule has 0 fully saturated rings. The molecular formula is C22H23FN4OS. The summed E-state index contributed by atoms with van der Waals surface area (Å²) in [6, 6.07) is 12.2. The molecule has 3 rings (SSSR count). The summed E-state index contributed by atoms with van der Waals surface area (Å²) in [5.41, 5.74) is 2.85. The lowest BCUT2D eigenvalue weighted by molar-refractivity contribution is 0.452. The second-order valence-electron chi connectivity index (χ2n) is 6.53. The summed E-state index contributed by atoms with van der Waals surface area (Å²) in [5, 5.41) is 0.422. The van der Waals surface area contributed by atoms with E-state index in [4.69, 9.17) is 4.74 Å². The number of halogens is 1. The number of ether oxygens (including phenoxy) is 1. The molecule has 0 radical (unpaired) electrons. The van der Waals surface area contributed by atoms with Gasteiger partial charge in [-0.3, -0.25) is 0 Å². The number of nitrogens with zero attached hydrogens (tertiary/aromatic N) is 4. The molecule has 7 heteroatoms. The molecule has 5 nitrogen and oxygen atoms in total. The number of hydrogen-bond acceptors (Lipinski definition) is 5. The maximum atomic E-state index is 13.9. The normalized spacial score (nSPS) is 11.1. The van der Waals surface area contributed by atoms with Crippen molar-refractivity contribution in [3.8, 4) is 11.6 Å². The van der Waals surface area contributed by atoms with Crippen LogP contribution in [0.5, 0.6) is 11.6 Å². The highest BCUT2D eigenvalue weighted by molar-refractivity contribution is 7.99. The minimum Gasteiger partial charge on any atom is -0.439 e. The van der Waals surface area contributed by atoms with E-state index in [0.29, 0.717) is 21.7 Å². The number of rotatable bonds is 7. The first-order chi connectivity index (χ1) is 14.0. The summed E-state index contributed by atoms with van der Waals surface area (Å²) >= 11 is 1.16. The molecule has 3 aromatic rings. The first kappa shape index (κ1) is 20.8. The topological polar surface area (TPSA) is 50.6 Å². The third-order valence-electron chi connectivity index (χ3n) is 4.25. The Kier molecular flexibility index (Phi) is 6.82. The summed E-state index contributed by atoms with van der Waals surface area (Å²) in [5.74, 6) is 0.804. The van der Waals surface area contributed by atoms with Crippen LogP contribution in [0.4, 0.5) is 10.1 Å². The van der Waals surface area contributed by atoms with Gasteiger partial charge in [0.1, 0.15) is 11.6 Å². The number of aromatic nitrogens is 2. The van der Waals surface area contributed by atoms with Crippen molar-refractivity contribution in [2.24, 2.45) is 4.99 Å². The quantitative estimate of drug-likeness (QED) is 0.280. The van der Waals surface area contributed by atoms with E-state index >= 15 is 0 Å². The van der Waals surface area contributed by atoms with E-state index in [2.05, 4.69) is 21.9 Å². The second kappa shape index (κ2) is 9.52. The molecule has 2 aromatic carbocycles. The van der Waals surface area contributed by atoms with Crippen LogP contribution in [0.25, 0.3) is 0 Å². The van der Waals surface area contributed by atoms with Crippen molar-refractivity contribution >= 4 is 23.8 Å². The monoisotopic (exact) mass is 410 g/mol. The minimum absolute atomic E-state index is 0.302. The van der Waals surface area contributed by atoms with Crippen LogP contribution < -0.4 is 4.74 Å². The molecule has 0 aliphatic rings. The van der Waals surface area contributed by atoms with E-state index < -0.39 is 0 Å². The Hall–Kier alpha value is -2.93. The molecule has 0 bridgehead atoms. The van der Waals surface area contributed by atoms with Gasteiger partial charge in [-0.25, -0.2) is 14.4 Å². The minimum atomic E-state index is -0.302. The molecule has 0 aliphatic heterocycles. The molecule has 0 saturated carbocycles. The predicted octanol–water partition coefficient (Wildman–Crippen LogP) is 5.79. The number of hydrogen-bond donors (Lipinski definition) is 0. The largest absolute Gasteiger partial charge is 0.439 e. The van der Waals surface area contributed by atoms with Crippen molar-refractivity contribution in [1.29, 1.82) is 0 Å². The molecule has 0 amide bonds. The highest BCUT2D eigenvalue weighted by Gasteiger charge is 2.10. The van der Waals surface area contributed by atoms with Crippen molar-refractivity contribution in [3.05, 3.63) is 65.6 Å². The Labute approximate surface area is 174 Å². The molecule has 1 heterocycles. The van der Waals surface area contributed by atoms with Gasteiger partial charge >= 0.3 is 0 Å². The average molecular weight is 411 g/mol. The van der Waals surface area contributed by atoms with Gasteiger partial charge in [0, 0.05) is 25.9 Å². The summed E-state index contributed by atoms with van der Waals surface area (Å²) < 4.78 is 19.9. The van der Waals surface area contributed by atoms with Crippen LogP contribution >= 0.6 is 11.8 Å². The van der Waals surface area contributed by atoms with Gasteiger partial charge in [0.25, 0.3) is 0 Å². The van der Waals surface area contributed by atoms with Crippen molar-refractivity contribution in [2.45, 2.75) is 30.8 Å². The molecule has 1 aromatic heterocycles. The first-order valence-corrected chi connectivity index (χ1v) is 10.1. The molecule has 150 valence electrons. The zero-order chi connectivity index (χ0) is 20.8. The maximum Gasteiger partial charge on any atom is 0.223 e. The van der Waals surface area contributed by atoms with Crippen molar-refractivity contribution in [3.63, 3.8) is 0 Å². The fourth-order valence-corrected chi connectivity index (χ4v) is 3.19. The predicted molar refractivity (Wildman–Crippen MR) is 115 cm³/mol. The molecule has 0 N–H and O–H groups in total. The van der Waals surface area contributed by atoms with Gasteiger partial charge in [-0.15, -0.1) is 0 Å². The molecule has 0 atom stereocenters. The van der Waals surface area contributed by atoms with Crippen LogP contribution in [0.1, 0.15) is 18.1 Å². The van der Waals surface area contributed by atoms with Crippen LogP contribution in [0.3, 0.4) is 0 Å². The fraction of sp³-hybridized carbons (Fsp3) is 0.227. The SMILES string of the molecule is CCN(C)/C=N/c1cc(C)c(Oc2ccnc(Sc3ccccc3F)n2)cc1C. The standard InChI is InChI=1S/C22H23FN4OS/c1-5-27(4)14-25-18-12-16(3)19(13-15(18)2)28-21-10-11-24-22(26-21)29-20-9-7-6-8-17(20)23/h6-14H,5H2,1-4H3/b25-14+. The zero-order valence-electron chi connectivity index (χ0n) is 16.9. The summed E-state index contributed by atoms with van der Waals surface area (Å²) in [4.78, 5) is 15.6. The number of benzene rings is 2. The third-order valence-corrected chi connectivity index (χ3v) is 5.18. The Morgan fingerprint density at radius 1 is 1.17 bits per heavy atom. The Morgan fingerprint density at radius 2 is 1.97 bits per heavy atom. The molecule has 0 spiro atoms. The van der Waals surface area contributed by atoms with Crippen LogP contribution in [-0.4, -0.2) is 34.8 Å². The molecular weight excluding hydrogens is 387 g/mol. The second-order valence-corrected chi connectivity index (χ2v) is 7.54. The van der Waals surface area contributed by atoms with E-state index in [1.165, 1.54) is 6.07 Å². The summed E-state index contributed by atoms with van der Waals surface area (Å²) in [6.45, 7) is 6.92. The Morgan fingerprint density at radius 3 is 2.72 bits per heavy atom. The Bertz CT molecular complexity index is 1030. The highest BCUT2D eigenvalue weighted by atomic mass is 32.2. The molecule has 0 unspecified atom stereocenters. The third kappa shape index (κ3) is 5.54. The molecule has 0 saturated heterocycles. The maximum absolute atomic E-state index is 13.9. The van der Waals surface area contributed by atoms with Gasteiger partial charge in [0.05, 0.1) is 16.9 Å². The van der Waals surface area contributed by atoms with Crippen molar-refractivity contribution < 1.29 is 9.13 Å². The van der Waals surface area contributed by atoms with E-state index in [9.17, 15) is 4.39 Å².